The van der Waals surface area contributed by atoms with E-state index in [1.807, 2.05) is 30.7 Å². The molecule has 0 bridgehead atoms. The Balaban J connectivity index is 1.49. The fourth-order valence-corrected chi connectivity index (χ4v) is 4.65. The van der Waals surface area contributed by atoms with Crippen LogP contribution in [-0.4, -0.2) is 33.4 Å². The van der Waals surface area contributed by atoms with Crippen LogP contribution in [0.5, 0.6) is 5.75 Å². The number of hydrogen-bond acceptors (Lipinski definition) is 4. The number of ether oxygens (including phenoxy) is 1. The van der Waals surface area contributed by atoms with Crippen molar-refractivity contribution in [1.82, 2.24) is 25.4 Å². The Bertz CT molecular complexity index is 897. The van der Waals surface area contributed by atoms with Crippen LogP contribution < -0.4 is 15.4 Å². The van der Waals surface area contributed by atoms with Gasteiger partial charge in [0.2, 0.25) is 0 Å². The number of fused-ring (bicyclic) bond motifs is 1. The molecule has 0 radical (unpaired) electrons. The Hall–Kier alpha value is -2.57. The predicted octanol–water partition coefficient (Wildman–Crippen LogP) is 3.90. The highest BCUT2D eigenvalue weighted by molar-refractivity contribution is 5.80. The molecule has 7 nitrogen and oxygen atoms in total. The van der Waals surface area contributed by atoms with E-state index in [-0.39, 0.29) is 6.04 Å². The maximum Gasteiger partial charge on any atom is 0.192 e. The van der Waals surface area contributed by atoms with Crippen LogP contribution in [0.3, 0.4) is 0 Å². The van der Waals surface area contributed by atoms with Gasteiger partial charge in [-0.3, -0.25) is 0 Å². The van der Waals surface area contributed by atoms with E-state index in [1.165, 1.54) is 31.2 Å². The predicted molar refractivity (Wildman–Crippen MR) is 123 cm³/mol. The third-order valence-corrected chi connectivity index (χ3v) is 6.89. The number of para-hydroxylation sites is 1. The monoisotopic (exact) mass is 424 g/mol. The first-order valence-electron chi connectivity index (χ1n) is 11.7. The van der Waals surface area contributed by atoms with Crippen molar-refractivity contribution in [3.63, 3.8) is 0 Å². The molecule has 1 aromatic carbocycles. The highest BCUT2D eigenvalue weighted by Crippen LogP contribution is 2.32. The molecule has 2 heterocycles. The molecular weight excluding hydrogens is 388 g/mol. The van der Waals surface area contributed by atoms with E-state index in [0.29, 0.717) is 19.2 Å². The van der Waals surface area contributed by atoms with Crippen molar-refractivity contribution in [2.24, 2.45) is 23.9 Å². The van der Waals surface area contributed by atoms with Crippen molar-refractivity contribution >= 4 is 5.96 Å². The lowest BCUT2D eigenvalue weighted by Crippen LogP contribution is -2.47. The third kappa shape index (κ3) is 5.20. The fourth-order valence-electron chi connectivity index (χ4n) is 4.65. The summed E-state index contributed by atoms with van der Waals surface area (Å²) in [6.45, 7) is 7.86. The van der Waals surface area contributed by atoms with Crippen LogP contribution >= 0.6 is 0 Å². The zero-order chi connectivity index (χ0) is 21.8. The molecule has 0 spiro atoms. The van der Waals surface area contributed by atoms with Crippen LogP contribution in [0.2, 0.25) is 0 Å². The van der Waals surface area contributed by atoms with Crippen LogP contribution in [0.15, 0.2) is 29.3 Å². The molecule has 4 rings (SSSR count). The van der Waals surface area contributed by atoms with Crippen molar-refractivity contribution < 1.29 is 4.74 Å². The molecule has 1 unspecified atom stereocenters. The molecule has 168 valence electrons. The van der Waals surface area contributed by atoms with Gasteiger partial charge in [0.1, 0.15) is 18.1 Å². The zero-order valence-electron chi connectivity index (χ0n) is 19.3. The normalized spacial score (nSPS) is 23.9. The summed E-state index contributed by atoms with van der Waals surface area (Å²) >= 11 is 0. The molecule has 1 fully saturated rings. The van der Waals surface area contributed by atoms with E-state index < -0.39 is 0 Å². The summed E-state index contributed by atoms with van der Waals surface area (Å²) in [5, 5.41) is 15.9. The number of nitrogens with one attached hydrogen (secondary N) is 2. The summed E-state index contributed by atoms with van der Waals surface area (Å²) in [7, 11) is 1.99. The first-order valence-corrected chi connectivity index (χ1v) is 11.7. The lowest BCUT2D eigenvalue weighted by molar-refractivity contribution is 0.247. The van der Waals surface area contributed by atoms with Gasteiger partial charge < -0.3 is 19.9 Å². The molecule has 1 aromatic heterocycles. The molecule has 31 heavy (non-hydrogen) atoms. The smallest absolute Gasteiger partial charge is 0.192 e. The molecule has 7 heteroatoms. The van der Waals surface area contributed by atoms with Crippen LogP contribution in [0.25, 0.3) is 0 Å². The summed E-state index contributed by atoms with van der Waals surface area (Å²) in [4.78, 5) is 4.91. The number of rotatable bonds is 5. The van der Waals surface area contributed by atoms with Gasteiger partial charge in [-0.15, -0.1) is 10.2 Å². The van der Waals surface area contributed by atoms with E-state index in [0.717, 1.165) is 41.6 Å². The van der Waals surface area contributed by atoms with Gasteiger partial charge in [0.25, 0.3) is 0 Å². The van der Waals surface area contributed by atoms with Crippen LogP contribution in [0.4, 0.5) is 0 Å². The number of nitrogens with zero attached hydrogens (tertiary/aromatic N) is 4. The van der Waals surface area contributed by atoms with Crippen LogP contribution in [0.1, 0.15) is 69.2 Å². The third-order valence-electron chi connectivity index (χ3n) is 6.89. The van der Waals surface area contributed by atoms with Gasteiger partial charge in [-0.25, -0.2) is 4.99 Å². The number of aryl methyl sites for hydroxylation is 1. The summed E-state index contributed by atoms with van der Waals surface area (Å²) < 4.78 is 7.84. The Kier molecular flexibility index (Phi) is 6.78. The molecule has 2 aliphatic rings. The van der Waals surface area contributed by atoms with Gasteiger partial charge >= 0.3 is 0 Å². The van der Waals surface area contributed by atoms with Gasteiger partial charge in [-0.1, -0.05) is 32.0 Å². The fraction of sp³-hybridized carbons (Fsp3) is 0.625. The van der Waals surface area contributed by atoms with Crippen LogP contribution in [-0.2, 0) is 13.6 Å². The highest BCUT2D eigenvalue weighted by atomic mass is 16.5. The van der Waals surface area contributed by atoms with Gasteiger partial charge in [0.05, 0.1) is 12.6 Å². The maximum atomic E-state index is 5.85. The van der Waals surface area contributed by atoms with E-state index >= 15 is 0 Å². The molecule has 0 saturated heterocycles. The first kappa shape index (κ1) is 21.7. The number of guanidine groups is 1. The standard InChI is InChI=1S/C24H36N6O/c1-16(2)18-9-11-19(12-10-18)26-24(25-15-23-29-28-17(3)30(23)4)27-21-13-14-31-22-8-6-5-7-20(21)22/h5-8,16,18-19,21H,9-15H2,1-4H3,(H2,25,26,27). The van der Waals surface area contributed by atoms with Crippen molar-refractivity contribution in [3.05, 3.63) is 41.5 Å². The van der Waals surface area contributed by atoms with Gasteiger partial charge in [-0.2, -0.15) is 0 Å². The minimum atomic E-state index is 0.185. The van der Waals surface area contributed by atoms with Gasteiger partial charge in [0, 0.05) is 25.1 Å². The van der Waals surface area contributed by atoms with Crippen molar-refractivity contribution in [2.45, 2.75) is 71.5 Å². The Morgan fingerprint density at radius 2 is 1.90 bits per heavy atom. The van der Waals surface area contributed by atoms with E-state index in [4.69, 9.17) is 9.73 Å². The van der Waals surface area contributed by atoms with Gasteiger partial charge in [-0.05, 0) is 50.5 Å². The summed E-state index contributed by atoms with van der Waals surface area (Å²) in [5.41, 5.74) is 1.20. The first-order chi connectivity index (χ1) is 15.0. The largest absolute Gasteiger partial charge is 0.493 e. The Morgan fingerprint density at radius 1 is 1.13 bits per heavy atom. The topological polar surface area (TPSA) is 76.4 Å². The van der Waals surface area contributed by atoms with Crippen molar-refractivity contribution in [2.75, 3.05) is 6.61 Å². The van der Waals surface area contributed by atoms with E-state index in [1.54, 1.807) is 0 Å². The van der Waals surface area contributed by atoms with Crippen molar-refractivity contribution in [1.29, 1.82) is 0 Å². The molecule has 2 aromatic rings. The summed E-state index contributed by atoms with van der Waals surface area (Å²) in [5.74, 6) is 5.20. The minimum absolute atomic E-state index is 0.185. The SMILES string of the molecule is Cc1nnc(CN=C(NC2CCC(C(C)C)CC2)NC2CCOc3ccccc32)n1C. The zero-order valence-corrected chi connectivity index (χ0v) is 19.3. The minimum Gasteiger partial charge on any atom is -0.493 e. The molecule has 1 aliphatic carbocycles. The quantitative estimate of drug-likeness (QED) is 0.562. The molecule has 1 atom stereocenters. The Labute approximate surface area is 185 Å². The molecule has 2 N–H and O–H groups in total. The summed E-state index contributed by atoms with van der Waals surface area (Å²) in [6.07, 6.45) is 5.87. The van der Waals surface area contributed by atoms with Gasteiger partial charge in [0.15, 0.2) is 11.8 Å². The average molecular weight is 425 g/mol. The molecule has 0 amide bonds. The van der Waals surface area contributed by atoms with E-state index in [9.17, 15) is 0 Å². The van der Waals surface area contributed by atoms with Crippen molar-refractivity contribution in [3.8, 4) is 5.75 Å². The highest BCUT2D eigenvalue weighted by Gasteiger charge is 2.26. The number of hydrogen-bond donors (Lipinski definition) is 2. The Morgan fingerprint density at radius 3 is 2.61 bits per heavy atom. The second-order valence-corrected chi connectivity index (χ2v) is 9.26. The number of aliphatic imine (C=N–C) groups is 1. The van der Waals surface area contributed by atoms with Crippen LogP contribution in [0, 0.1) is 18.8 Å². The lowest BCUT2D eigenvalue weighted by Gasteiger charge is -2.33. The second-order valence-electron chi connectivity index (χ2n) is 9.26. The molecular formula is C24H36N6O. The van der Waals surface area contributed by atoms with E-state index in [2.05, 4.69) is 46.8 Å². The number of aromatic nitrogens is 3. The number of benzene rings is 1. The summed E-state index contributed by atoms with van der Waals surface area (Å²) in [6, 6.07) is 8.93. The maximum absolute atomic E-state index is 5.85. The molecule has 1 aliphatic heterocycles. The average Bonchev–Trinajstić information content (AvgIpc) is 3.10. The molecule has 1 saturated carbocycles. The second kappa shape index (κ2) is 9.71. The lowest BCUT2D eigenvalue weighted by atomic mass is 9.80.